The highest BCUT2D eigenvalue weighted by Crippen LogP contribution is 2.47. The number of hydrogen-bond donors (Lipinski definition) is 0. The molecule has 30 aromatic rings. The molecule has 0 N–H and O–H groups in total. The van der Waals surface area contributed by atoms with Gasteiger partial charge in [0.05, 0.1) is 55.9 Å². The summed E-state index contributed by atoms with van der Waals surface area (Å²) in [5.74, 6) is 3.34. The average molecular weight is 1910 g/mol. The number of thiophene rings is 3. The van der Waals surface area contributed by atoms with Crippen LogP contribution in [0.3, 0.4) is 0 Å². The van der Waals surface area contributed by atoms with Gasteiger partial charge in [-0.05, 0) is 157 Å². The lowest BCUT2D eigenvalue weighted by Gasteiger charge is -2.12. The third-order valence-electron chi connectivity index (χ3n) is 27.9. The molecule has 30 rings (SSSR count). The summed E-state index contributed by atoms with van der Waals surface area (Å²) < 4.78 is 21.0. The van der Waals surface area contributed by atoms with E-state index in [1.165, 1.54) is 126 Å². The zero-order chi connectivity index (χ0) is 95.5. The van der Waals surface area contributed by atoms with Crippen LogP contribution in [-0.2, 0) is 0 Å². The number of aromatic nitrogens is 10. The summed E-state index contributed by atoms with van der Waals surface area (Å²) in [5, 5.41) is 17.2. The molecule has 10 aromatic heterocycles. The highest BCUT2D eigenvalue weighted by molar-refractivity contribution is 7.27. The number of fused-ring (bicyclic) bond motifs is 22. The molecular weight excluding hydrogens is 1830 g/mol. The largest absolute Gasteiger partial charge is 0.456 e. The fourth-order valence-corrected chi connectivity index (χ4v) is 24.5. The summed E-state index contributed by atoms with van der Waals surface area (Å²) in [6.45, 7) is 0. The van der Waals surface area contributed by atoms with Gasteiger partial charge in [-0.2, -0.15) is 0 Å². The van der Waals surface area contributed by atoms with Gasteiger partial charge < -0.3 is 18.1 Å². The van der Waals surface area contributed by atoms with Crippen molar-refractivity contribution in [2.24, 2.45) is 0 Å². The first-order valence-electron chi connectivity index (χ1n) is 48.5. The van der Waals surface area contributed by atoms with Crippen molar-refractivity contribution in [2.75, 3.05) is 0 Å². The van der Waals surface area contributed by atoms with Crippen LogP contribution >= 0.6 is 34.0 Å². The van der Waals surface area contributed by atoms with Gasteiger partial charge >= 0.3 is 0 Å². The van der Waals surface area contributed by atoms with E-state index in [2.05, 4.69) is 432 Å². The Morgan fingerprint density at radius 2 is 0.503 bits per heavy atom. The predicted octanol–water partition coefficient (Wildman–Crippen LogP) is 35.8. The van der Waals surface area contributed by atoms with E-state index in [0.29, 0.717) is 23.3 Å². The van der Waals surface area contributed by atoms with Crippen molar-refractivity contribution in [3.8, 4) is 130 Å². The molecule has 0 radical (unpaired) electrons. The van der Waals surface area contributed by atoms with E-state index in [1.807, 2.05) is 101 Å². The second-order valence-electron chi connectivity index (χ2n) is 36.5. The molecule has 14 heteroatoms. The van der Waals surface area contributed by atoms with Crippen molar-refractivity contribution in [1.29, 1.82) is 0 Å². The van der Waals surface area contributed by atoms with Crippen LogP contribution in [-0.4, -0.2) is 48.6 Å². The number of para-hydroxylation sites is 6. The number of nitrogens with zero attached hydrogens (tertiary/aromatic N) is 10. The Bertz CT molecular complexity index is 10300. The first-order valence-corrected chi connectivity index (χ1v) is 51.0. The number of rotatable bonds is 13. The second kappa shape index (κ2) is 35.3. The first-order chi connectivity index (χ1) is 71.8. The van der Waals surface area contributed by atoms with Crippen molar-refractivity contribution in [3.05, 3.63) is 485 Å². The van der Waals surface area contributed by atoms with E-state index in [-0.39, 0.29) is 0 Å². The lowest BCUT2D eigenvalue weighted by Crippen LogP contribution is -2.01. The molecular formula is C131H80N10OS3. The fraction of sp³-hybridized carbons (Fsp3) is 0. The van der Waals surface area contributed by atoms with Crippen LogP contribution in [0, 0.1) is 0 Å². The van der Waals surface area contributed by atoms with Crippen molar-refractivity contribution in [1.82, 2.24) is 48.6 Å². The van der Waals surface area contributed by atoms with Gasteiger partial charge in [-0.3, -0.25) is 0 Å². The molecule has 145 heavy (non-hydrogen) atoms. The maximum Gasteiger partial charge on any atom is 0.164 e. The zero-order valence-corrected chi connectivity index (χ0v) is 80.2. The quantitative estimate of drug-likeness (QED) is 0.112. The number of benzene rings is 20. The molecule has 0 aliphatic rings. The Morgan fingerprint density at radius 1 is 0.166 bits per heavy atom. The van der Waals surface area contributed by atoms with E-state index in [9.17, 15) is 0 Å². The molecule has 0 fully saturated rings. The molecule has 11 nitrogen and oxygen atoms in total. The predicted molar refractivity (Wildman–Crippen MR) is 607 cm³/mol. The summed E-state index contributed by atoms with van der Waals surface area (Å²) in [6.07, 6.45) is 0. The Morgan fingerprint density at radius 3 is 1.07 bits per heavy atom. The smallest absolute Gasteiger partial charge is 0.164 e. The van der Waals surface area contributed by atoms with E-state index in [1.54, 1.807) is 0 Å². The van der Waals surface area contributed by atoms with Gasteiger partial charge in [0.1, 0.15) is 11.2 Å². The molecule has 0 saturated carbocycles. The SMILES string of the molecule is c1ccc(-c2ccc(-c3nc(-c4ccc(-n5c6ccccc6c6ccccc65)cc4)cc(-c4cccc5c4sc4ccccc45)n3)cc2)cc1.c1ccc(-c2nc(-c3cccc(-n4c5ccccc5c5c6c(ccc54)oc4ccccc46)c3)nc(-c3ccc4sc5ccccc5c4c3)n2)cc1.c1ccc(-c2nc(-c3cccc(-n4c5ccccc5c5ccccc54)c3)cc(-c3ccc4sc5ccccc5c4c3)n2)cc1. The van der Waals surface area contributed by atoms with Crippen molar-refractivity contribution >= 4 is 182 Å². The molecule has 20 aromatic carbocycles. The van der Waals surface area contributed by atoms with E-state index in [0.717, 1.165) is 129 Å². The maximum atomic E-state index is 6.31. The second-order valence-corrected chi connectivity index (χ2v) is 39.7. The van der Waals surface area contributed by atoms with Gasteiger partial charge in [-0.25, -0.2) is 34.9 Å². The van der Waals surface area contributed by atoms with Crippen LogP contribution in [0.2, 0.25) is 0 Å². The molecule has 0 unspecified atom stereocenters. The Kier molecular flexibility index (Phi) is 20.6. The molecule has 678 valence electrons. The van der Waals surface area contributed by atoms with Crippen LogP contribution < -0.4 is 0 Å². The van der Waals surface area contributed by atoms with Gasteiger partial charge in [0, 0.05) is 171 Å². The molecule has 10 heterocycles. The van der Waals surface area contributed by atoms with Gasteiger partial charge in [0.15, 0.2) is 29.1 Å². The van der Waals surface area contributed by atoms with Gasteiger partial charge in [-0.15, -0.1) is 34.0 Å². The van der Waals surface area contributed by atoms with Crippen LogP contribution in [0.25, 0.3) is 278 Å². The Hall–Kier alpha value is -18.6. The molecule has 0 saturated heterocycles. The molecule has 0 atom stereocenters. The van der Waals surface area contributed by atoms with Crippen molar-refractivity contribution in [3.63, 3.8) is 0 Å². The Balaban J connectivity index is 0.000000106. The minimum Gasteiger partial charge on any atom is -0.456 e. The molecule has 0 aliphatic carbocycles. The van der Waals surface area contributed by atoms with E-state index in [4.69, 9.17) is 39.3 Å². The third-order valence-corrected chi connectivity index (χ3v) is 31.4. The van der Waals surface area contributed by atoms with E-state index < -0.39 is 0 Å². The molecule has 0 spiro atoms. The lowest BCUT2D eigenvalue weighted by molar-refractivity contribution is 0.669. The first kappa shape index (κ1) is 84.5. The Labute approximate surface area is 843 Å². The standard InChI is InChI=1S/C46H29N3S.C45H26N4OS.C40H25N3S/c1-2-11-30(12-3-1)31-21-23-33(24-22-31)46-47-40(29-41(48-46)39-17-10-16-38-37-15-6-9-20-44(37)50-45(38)39)32-25-27-34(28-26-32)49-42-18-7-4-13-35(42)36-14-5-8-19-43(36)49;1-2-11-27(12-3-1)43-46-44(48-45(47-43)29-21-24-40-34(26-29)31-15-6-9-20-39(31)51-40)28-13-10-14-30(25-28)49-35-18-7-4-16-32(35)41-36(49)22-23-38-42(41)33-17-5-8-19-37(33)50-38;1-2-11-26(12-3-1)40-41-34(25-35(42-40)28-21-22-39-33(24-28)32-17-6-9-20-38(32)44-39)27-13-10-14-29(23-27)43-36-18-7-4-15-30(36)31-16-5-8-19-37(31)43/h1-29H;1-26H;1-25H. The summed E-state index contributed by atoms with van der Waals surface area (Å²) >= 11 is 5.47. The number of hydrogen-bond acceptors (Lipinski definition) is 11. The number of furan rings is 1. The monoisotopic (exact) mass is 1900 g/mol. The molecule has 0 aliphatic heterocycles. The normalized spacial score (nSPS) is 11.7. The average Bonchev–Trinajstić information content (AvgIpc) is 1.55. The van der Waals surface area contributed by atoms with Crippen LogP contribution in [0.15, 0.2) is 490 Å². The summed E-state index contributed by atoms with van der Waals surface area (Å²) in [5.41, 5.74) is 27.1. The molecule has 0 bridgehead atoms. The summed E-state index contributed by atoms with van der Waals surface area (Å²) in [4.78, 5) is 35.9. The topological polar surface area (TPSA) is 118 Å². The third kappa shape index (κ3) is 15.0. The maximum absolute atomic E-state index is 6.31. The highest BCUT2D eigenvalue weighted by atomic mass is 32.1. The summed E-state index contributed by atoms with van der Waals surface area (Å²) in [7, 11) is 0. The van der Waals surface area contributed by atoms with Gasteiger partial charge in [0.2, 0.25) is 0 Å². The lowest BCUT2D eigenvalue weighted by atomic mass is 10.0. The zero-order valence-electron chi connectivity index (χ0n) is 77.8. The minimum absolute atomic E-state index is 0.625. The summed E-state index contributed by atoms with van der Waals surface area (Å²) in [6, 6.07) is 171. The van der Waals surface area contributed by atoms with Gasteiger partial charge in [-0.1, -0.05) is 340 Å². The highest BCUT2D eigenvalue weighted by Gasteiger charge is 2.25. The van der Waals surface area contributed by atoms with Gasteiger partial charge in [0.25, 0.3) is 0 Å². The van der Waals surface area contributed by atoms with Crippen molar-refractivity contribution in [2.45, 2.75) is 0 Å². The van der Waals surface area contributed by atoms with Crippen LogP contribution in [0.4, 0.5) is 0 Å². The fourth-order valence-electron chi connectivity index (χ4n) is 21.1. The van der Waals surface area contributed by atoms with Crippen LogP contribution in [0.1, 0.15) is 0 Å². The van der Waals surface area contributed by atoms with Crippen LogP contribution in [0.5, 0.6) is 0 Å². The van der Waals surface area contributed by atoms with E-state index >= 15 is 0 Å². The molecule has 0 amide bonds. The minimum atomic E-state index is 0.625. The van der Waals surface area contributed by atoms with Crippen molar-refractivity contribution < 1.29 is 4.42 Å².